The normalized spacial score (nSPS) is 15.1. The first-order chi connectivity index (χ1) is 6.45. The second-order valence-corrected chi connectivity index (χ2v) is 3.54. The minimum absolute atomic E-state index is 0.233. The second-order valence-electron chi connectivity index (χ2n) is 3.54. The highest BCUT2D eigenvalue weighted by molar-refractivity contribution is 5.63. The molecule has 7 N–H and O–H groups in total. The Morgan fingerprint density at radius 1 is 1.07 bits per heavy atom. The molecule has 4 heteroatoms. The number of rotatable bonds is 2. The number of aliphatic hydroxyl groups is 1. The number of aliphatic hydroxyl groups excluding tert-OH is 1. The maximum Gasteiger partial charge on any atom is 0.0785 e. The van der Waals surface area contributed by atoms with E-state index in [2.05, 4.69) is 0 Å². The van der Waals surface area contributed by atoms with Crippen molar-refractivity contribution in [3.05, 3.63) is 23.3 Å². The predicted molar refractivity (Wildman–Crippen MR) is 58.5 cm³/mol. The molecule has 0 spiro atoms. The van der Waals surface area contributed by atoms with Crippen LogP contribution in [0.2, 0.25) is 0 Å². The highest BCUT2D eigenvalue weighted by Gasteiger charge is 2.17. The summed E-state index contributed by atoms with van der Waals surface area (Å²) in [5.74, 6) is 0. The van der Waals surface area contributed by atoms with Crippen LogP contribution in [-0.4, -0.2) is 5.11 Å². The number of anilines is 2. The summed E-state index contributed by atoms with van der Waals surface area (Å²) in [7, 11) is 0. The summed E-state index contributed by atoms with van der Waals surface area (Å²) in [4.78, 5) is 0. The van der Waals surface area contributed by atoms with Gasteiger partial charge in [0.2, 0.25) is 0 Å². The Bertz CT molecular complexity index is 301. The average Bonchev–Trinajstić information content (AvgIpc) is 2.07. The Kier molecular flexibility index (Phi) is 2.98. The molecule has 1 aromatic carbocycles. The van der Waals surface area contributed by atoms with E-state index in [-0.39, 0.29) is 6.04 Å². The Balaban J connectivity index is 3.42. The first kappa shape index (κ1) is 10.8. The van der Waals surface area contributed by atoms with Gasteiger partial charge < -0.3 is 22.3 Å². The van der Waals surface area contributed by atoms with Gasteiger partial charge >= 0.3 is 0 Å². The maximum atomic E-state index is 9.57. The van der Waals surface area contributed by atoms with Crippen molar-refractivity contribution in [3.8, 4) is 0 Å². The van der Waals surface area contributed by atoms with Gasteiger partial charge in [0.15, 0.2) is 0 Å². The lowest BCUT2D eigenvalue weighted by molar-refractivity contribution is 0.198. The predicted octanol–water partition coefficient (Wildman–Crippen LogP) is 0.924. The van der Waals surface area contributed by atoms with Crippen molar-refractivity contribution in [1.82, 2.24) is 0 Å². The largest absolute Gasteiger partial charge is 0.398 e. The van der Waals surface area contributed by atoms with Gasteiger partial charge in [-0.3, -0.25) is 0 Å². The zero-order valence-electron chi connectivity index (χ0n) is 8.49. The van der Waals surface area contributed by atoms with Gasteiger partial charge in [0, 0.05) is 23.0 Å². The smallest absolute Gasteiger partial charge is 0.0785 e. The molecule has 1 rings (SSSR count). The molecule has 14 heavy (non-hydrogen) atoms. The Labute approximate surface area is 83.7 Å². The van der Waals surface area contributed by atoms with Gasteiger partial charge in [-0.05, 0) is 31.5 Å². The van der Waals surface area contributed by atoms with Crippen molar-refractivity contribution in [2.24, 2.45) is 5.73 Å². The molecule has 0 saturated carbocycles. The molecule has 2 atom stereocenters. The molecule has 0 aliphatic rings. The maximum absolute atomic E-state index is 9.57. The molecular weight excluding hydrogens is 178 g/mol. The van der Waals surface area contributed by atoms with Crippen molar-refractivity contribution >= 4 is 11.4 Å². The molecule has 0 heterocycles. The van der Waals surface area contributed by atoms with Gasteiger partial charge in [0.1, 0.15) is 0 Å². The van der Waals surface area contributed by atoms with Crippen molar-refractivity contribution < 1.29 is 5.11 Å². The summed E-state index contributed by atoms with van der Waals surface area (Å²) in [6.45, 7) is 3.47. The fraction of sp³-hybridized carbons (Fsp3) is 0.400. The Morgan fingerprint density at radius 3 is 1.79 bits per heavy atom. The molecular formula is C10H17N3O. The SMILES string of the molecule is CC(N)c1c(N)ccc(N)c1C(C)O. The summed E-state index contributed by atoms with van der Waals surface area (Å²) in [5, 5.41) is 9.57. The van der Waals surface area contributed by atoms with Gasteiger partial charge in [-0.2, -0.15) is 0 Å². The van der Waals surface area contributed by atoms with Crippen LogP contribution in [0.3, 0.4) is 0 Å². The summed E-state index contributed by atoms with van der Waals surface area (Å²) in [5.41, 5.74) is 19.8. The first-order valence-corrected chi connectivity index (χ1v) is 4.56. The van der Waals surface area contributed by atoms with E-state index < -0.39 is 6.10 Å². The third kappa shape index (κ3) is 1.81. The van der Waals surface area contributed by atoms with Crippen LogP contribution in [0.1, 0.15) is 37.1 Å². The van der Waals surface area contributed by atoms with Crippen LogP contribution < -0.4 is 17.2 Å². The quantitative estimate of drug-likeness (QED) is 0.527. The molecule has 78 valence electrons. The van der Waals surface area contributed by atoms with Crippen LogP contribution in [-0.2, 0) is 0 Å². The molecule has 0 fully saturated rings. The third-order valence-corrected chi connectivity index (χ3v) is 2.23. The lowest BCUT2D eigenvalue weighted by Gasteiger charge is -2.19. The van der Waals surface area contributed by atoms with Crippen LogP contribution in [0.25, 0.3) is 0 Å². The molecule has 2 unspecified atom stereocenters. The monoisotopic (exact) mass is 195 g/mol. The van der Waals surface area contributed by atoms with Crippen LogP contribution >= 0.6 is 0 Å². The van der Waals surface area contributed by atoms with Crippen LogP contribution in [0.4, 0.5) is 11.4 Å². The number of nitrogen functional groups attached to an aromatic ring is 2. The van der Waals surface area contributed by atoms with E-state index in [4.69, 9.17) is 17.2 Å². The third-order valence-electron chi connectivity index (χ3n) is 2.23. The average molecular weight is 195 g/mol. The Morgan fingerprint density at radius 2 is 1.50 bits per heavy atom. The number of benzene rings is 1. The van der Waals surface area contributed by atoms with Gasteiger partial charge in [-0.15, -0.1) is 0 Å². The molecule has 1 aromatic rings. The molecule has 0 aromatic heterocycles. The molecule has 0 aliphatic heterocycles. The summed E-state index contributed by atoms with van der Waals surface area (Å²) >= 11 is 0. The molecule has 0 bridgehead atoms. The highest BCUT2D eigenvalue weighted by atomic mass is 16.3. The van der Waals surface area contributed by atoms with Crippen LogP contribution in [0.5, 0.6) is 0 Å². The number of nitrogens with two attached hydrogens (primary N) is 3. The zero-order chi connectivity index (χ0) is 10.9. The van der Waals surface area contributed by atoms with Gasteiger partial charge in [-0.1, -0.05) is 0 Å². The molecule has 0 aliphatic carbocycles. The van der Waals surface area contributed by atoms with Crippen molar-refractivity contribution in [2.45, 2.75) is 26.0 Å². The molecule has 4 nitrogen and oxygen atoms in total. The fourth-order valence-electron chi connectivity index (χ4n) is 1.64. The first-order valence-electron chi connectivity index (χ1n) is 4.56. The van der Waals surface area contributed by atoms with E-state index in [1.807, 2.05) is 6.92 Å². The van der Waals surface area contributed by atoms with E-state index in [9.17, 15) is 5.11 Å². The highest BCUT2D eigenvalue weighted by Crippen LogP contribution is 2.32. The van der Waals surface area contributed by atoms with Gasteiger partial charge in [-0.25, -0.2) is 0 Å². The van der Waals surface area contributed by atoms with Crippen molar-refractivity contribution in [3.63, 3.8) is 0 Å². The minimum atomic E-state index is -0.653. The summed E-state index contributed by atoms with van der Waals surface area (Å²) < 4.78 is 0. The second kappa shape index (κ2) is 3.86. The fourth-order valence-corrected chi connectivity index (χ4v) is 1.64. The number of hydrogen-bond donors (Lipinski definition) is 4. The van der Waals surface area contributed by atoms with Crippen LogP contribution in [0, 0.1) is 0 Å². The number of hydrogen-bond acceptors (Lipinski definition) is 4. The van der Waals surface area contributed by atoms with Gasteiger partial charge in [0.05, 0.1) is 6.10 Å². The van der Waals surface area contributed by atoms with E-state index in [0.29, 0.717) is 16.9 Å². The Hall–Kier alpha value is -1.26. The molecule has 0 amide bonds. The van der Waals surface area contributed by atoms with E-state index in [1.165, 1.54) is 0 Å². The van der Waals surface area contributed by atoms with E-state index >= 15 is 0 Å². The summed E-state index contributed by atoms with van der Waals surface area (Å²) in [6, 6.07) is 3.16. The lowest BCUT2D eigenvalue weighted by Crippen LogP contribution is -2.14. The standard InChI is InChI=1S/C10H17N3O/c1-5(11)9-7(12)3-4-8(13)10(9)6(2)14/h3-6,14H,11-13H2,1-2H3. The van der Waals surface area contributed by atoms with Gasteiger partial charge in [0.25, 0.3) is 0 Å². The van der Waals surface area contributed by atoms with Crippen molar-refractivity contribution in [2.75, 3.05) is 11.5 Å². The summed E-state index contributed by atoms with van der Waals surface area (Å²) in [6.07, 6.45) is -0.653. The lowest BCUT2D eigenvalue weighted by atomic mass is 9.95. The van der Waals surface area contributed by atoms with Crippen LogP contribution in [0.15, 0.2) is 12.1 Å². The van der Waals surface area contributed by atoms with E-state index in [1.54, 1.807) is 19.1 Å². The minimum Gasteiger partial charge on any atom is -0.398 e. The topological polar surface area (TPSA) is 98.3 Å². The molecule has 0 radical (unpaired) electrons. The van der Waals surface area contributed by atoms with Crippen molar-refractivity contribution in [1.29, 1.82) is 0 Å². The van der Waals surface area contributed by atoms with E-state index in [0.717, 1.165) is 5.56 Å². The molecule has 0 saturated heterocycles. The zero-order valence-corrected chi connectivity index (χ0v) is 8.49.